The van der Waals surface area contributed by atoms with Crippen molar-refractivity contribution in [2.45, 2.75) is 65.5 Å². The summed E-state index contributed by atoms with van der Waals surface area (Å²) in [5.41, 5.74) is 6.10. The standard InChI is InChI=1S/C26H34Si/c1-19-20(2)22(4)26(8,21(19)3)27(25(5,6)7,23-15-11-9-12-16-23)24-17-13-10-14-18-24/h9-18H,1-8H3. The van der Waals surface area contributed by atoms with Gasteiger partial charge < -0.3 is 0 Å². The van der Waals surface area contributed by atoms with Crippen LogP contribution in [0.3, 0.4) is 0 Å². The first-order chi connectivity index (χ1) is 12.6. The fourth-order valence-electron chi connectivity index (χ4n) is 5.89. The quantitative estimate of drug-likeness (QED) is 0.538. The lowest BCUT2D eigenvalue weighted by atomic mass is 9.97. The highest BCUT2D eigenvalue weighted by molar-refractivity contribution is 7.07. The van der Waals surface area contributed by atoms with Crippen molar-refractivity contribution in [1.29, 1.82) is 0 Å². The topological polar surface area (TPSA) is 0 Å². The molecule has 0 nitrogen and oxygen atoms in total. The van der Waals surface area contributed by atoms with Crippen molar-refractivity contribution < 1.29 is 0 Å². The van der Waals surface area contributed by atoms with Gasteiger partial charge in [0.1, 0.15) is 8.07 Å². The minimum atomic E-state index is -2.27. The summed E-state index contributed by atoms with van der Waals surface area (Å²) in [6.45, 7) is 19.3. The first kappa shape index (κ1) is 19.9. The molecule has 0 N–H and O–H groups in total. The molecular weight excluding hydrogens is 340 g/mol. The van der Waals surface area contributed by atoms with Crippen LogP contribution >= 0.6 is 0 Å². The van der Waals surface area contributed by atoms with Gasteiger partial charge in [-0.15, -0.1) is 0 Å². The summed E-state index contributed by atoms with van der Waals surface area (Å²) in [5, 5.41) is 3.28. The molecule has 0 fully saturated rings. The lowest BCUT2D eigenvalue weighted by Crippen LogP contribution is -2.71. The highest BCUT2D eigenvalue weighted by atomic mass is 28.3. The Morgan fingerprint density at radius 3 is 1.26 bits per heavy atom. The average Bonchev–Trinajstić information content (AvgIpc) is 2.79. The molecular formula is C26H34Si. The number of rotatable bonds is 3. The molecule has 0 radical (unpaired) electrons. The van der Waals surface area contributed by atoms with Crippen LogP contribution in [0, 0.1) is 0 Å². The maximum Gasteiger partial charge on any atom is 0.136 e. The molecule has 1 aliphatic carbocycles. The molecule has 27 heavy (non-hydrogen) atoms. The second kappa shape index (κ2) is 6.63. The SMILES string of the molecule is CC1=C(C)C(C)([Si](c2ccccc2)(c2ccccc2)C(C)(C)C)C(C)=C1C. The van der Waals surface area contributed by atoms with Crippen LogP contribution in [0.4, 0.5) is 0 Å². The molecule has 0 bridgehead atoms. The Kier molecular flexibility index (Phi) is 4.89. The van der Waals surface area contributed by atoms with Crippen LogP contribution in [0.25, 0.3) is 0 Å². The van der Waals surface area contributed by atoms with E-state index in [4.69, 9.17) is 0 Å². The van der Waals surface area contributed by atoms with Crippen LogP contribution in [-0.2, 0) is 0 Å². The predicted octanol–water partition coefficient (Wildman–Crippen LogP) is 6.50. The lowest BCUT2D eigenvalue weighted by Gasteiger charge is -2.56. The van der Waals surface area contributed by atoms with Gasteiger partial charge in [0.2, 0.25) is 0 Å². The molecule has 142 valence electrons. The van der Waals surface area contributed by atoms with Gasteiger partial charge in [-0.3, -0.25) is 0 Å². The van der Waals surface area contributed by atoms with Gasteiger partial charge in [0.05, 0.1) is 0 Å². The van der Waals surface area contributed by atoms with Crippen LogP contribution in [-0.4, -0.2) is 8.07 Å². The third kappa shape index (κ3) is 2.55. The minimum absolute atomic E-state index is 0.0577. The maximum atomic E-state index is 2.54. The number of hydrogen-bond donors (Lipinski definition) is 0. The summed E-state index contributed by atoms with van der Waals surface area (Å²) in [4.78, 5) is 0. The van der Waals surface area contributed by atoms with Crippen LogP contribution in [0.2, 0.25) is 10.1 Å². The predicted molar refractivity (Wildman–Crippen MR) is 123 cm³/mol. The highest BCUT2D eigenvalue weighted by Crippen LogP contribution is 2.63. The third-order valence-electron chi connectivity index (χ3n) is 7.48. The van der Waals surface area contributed by atoms with Gasteiger partial charge in [0.15, 0.2) is 0 Å². The van der Waals surface area contributed by atoms with Crippen molar-refractivity contribution in [3.8, 4) is 0 Å². The largest absolute Gasteiger partial charge is 0.136 e. The Bertz CT molecular complexity index is 829. The van der Waals surface area contributed by atoms with Gasteiger partial charge in [-0.1, -0.05) is 110 Å². The summed E-state index contributed by atoms with van der Waals surface area (Å²) in [6.07, 6.45) is 0. The Morgan fingerprint density at radius 1 is 0.630 bits per heavy atom. The molecule has 3 rings (SSSR count). The van der Waals surface area contributed by atoms with E-state index in [-0.39, 0.29) is 10.1 Å². The van der Waals surface area contributed by atoms with Gasteiger partial charge >= 0.3 is 0 Å². The Balaban J connectivity index is 2.54. The zero-order chi connectivity index (χ0) is 20.0. The molecule has 2 aromatic rings. The fraction of sp³-hybridized carbons (Fsp3) is 0.385. The third-order valence-corrected chi connectivity index (χ3v) is 14.4. The summed E-state index contributed by atoms with van der Waals surface area (Å²) >= 11 is 0. The Labute approximate surface area is 167 Å². The van der Waals surface area contributed by atoms with E-state index in [0.29, 0.717) is 0 Å². The monoisotopic (exact) mass is 374 g/mol. The summed E-state index contributed by atoms with van der Waals surface area (Å²) in [6, 6.07) is 22.7. The van der Waals surface area contributed by atoms with E-state index in [1.54, 1.807) is 11.1 Å². The molecule has 1 aliphatic rings. The Morgan fingerprint density at radius 2 is 0.963 bits per heavy atom. The molecule has 0 unspecified atom stereocenters. The molecule has 0 saturated carbocycles. The minimum Gasteiger partial charge on any atom is -0.0625 e. The van der Waals surface area contributed by atoms with E-state index in [2.05, 4.69) is 116 Å². The van der Waals surface area contributed by atoms with Crippen molar-refractivity contribution in [2.75, 3.05) is 0 Å². The lowest BCUT2D eigenvalue weighted by molar-refractivity contribution is 0.669. The number of benzene rings is 2. The molecule has 0 saturated heterocycles. The Hall–Kier alpha value is -1.86. The second-order valence-electron chi connectivity index (χ2n) is 9.36. The first-order valence-electron chi connectivity index (χ1n) is 10.1. The average molecular weight is 375 g/mol. The highest BCUT2D eigenvalue weighted by Gasteiger charge is 2.62. The summed E-state index contributed by atoms with van der Waals surface area (Å²) in [5.74, 6) is 0. The second-order valence-corrected chi connectivity index (χ2v) is 14.5. The normalized spacial score (nSPS) is 17.6. The van der Waals surface area contributed by atoms with Crippen molar-refractivity contribution in [3.05, 3.63) is 83.0 Å². The van der Waals surface area contributed by atoms with E-state index >= 15 is 0 Å². The zero-order valence-corrected chi connectivity index (χ0v) is 19.3. The smallest absolute Gasteiger partial charge is 0.0625 e. The molecule has 0 spiro atoms. The van der Waals surface area contributed by atoms with Crippen molar-refractivity contribution in [3.63, 3.8) is 0 Å². The van der Waals surface area contributed by atoms with Gasteiger partial charge in [0, 0.05) is 5.04 Å². The van der Waals surface area contributed by atoms with Crippen molar-refractivity contribution in [2.24, 2.45) is 0 Å². The molecule has 0 aliphatic heterocycles. The van der Waals surface area contributed by atoms with Crippen molar-refractivity contribution >= 4 is 18.4 Å². The van der Waals surface area contributed by atoms with E-state index in [9.17, 15) is 0 Å². The summed E-state index contributed by atoms with van der Waals surface area (Å²) in [7, 11) is -2.27. The van der Waals surface area contributed by atoms with Crippen LogP contribution in [0.15, 0.2) is 83.0 Å². The van der Waals surface area contributed by atoms with Gasteiger partial charge in [-0.25, -0.2) is 0 Å². The van der Waals surface area contributed by atoms with Gasteiger partial charge in [-0.2, -0.15) is 0 Å². The fourth-order valence-corrected chi connectivity index (χ4v) is 13.5. The van der Waals surface area contributed by atoms with Crippen LogP contribution < -0.4 is 10.4 Å². The number of allylic oxidation sites excluding steroid dienone is 4. The molecule has 0 atom stereocenters. The summed E-state index contributed by atoms with van der Waals surface area (Å²) < 4.78 is 0. The number of hydrogen-bond acceptors (Lipinski definition) is 0. The molecule has 1 heteroatoms. The molecule has 0 aromatic heterocycles. The van der Waals surface area contributed by atoms with Crippen LogP contribution in [0.5, 0.6) is 0 Å². The first-order valence-corrected chi connectivity index (χ1v) is 12.1. The molecule has 0 amide bonds. The van der Waals surface area contributed by atoms with E-state index in [0.717, 1.165) is 0 Å². The molecule has 0 heterocycles. The van der Waals surface area contributed by atoms with Gasteiger partial charge in [-0.05, 0) is 43.9 Å². The van der Waals surface area contributed by atoms with E-state index in [1.807, 2.05) is 0 Å². The zero-order valence-electron chi connectivity index (χ0n) is 18.3. The maximum absolute atomic E-state index is 2.54. The molecule has 2 aromatic carbocycles. The van der Waals surface area contributed by atoms with E-state index < -0.39 is 8.07 Å². The van der Waals surface area contributed by atoms with E-state index in [1.165, 1.54) is 21.5 Å². The van der Waals surface area contributed by atoms with Crippen LogP contribution in [0.1, 0.15) is 55.4 Å². The van der Waals surface area contributed by atoms with Crippen molar-refractivity contribution in [1.82, 2.24) is 0 Å². The van der Waals surface area contributed by atoms with Gasteiger partial charge in [0.25, 0.3) is 0 Å².